The van der Waals surface area contributed by atoms with Gasteiger partial charge in [0, 0.05) is 5.92 Å². The first kappa shape index (κ1) is 13.7. The highest BCUT2D eigenvalue weighted by Crippen LogP contribution is 2.42. The zero-order valence-corrected chi connectivity index (χ0v) is 12.0. The van der Waals surface area contributed by atoms with Crippen molar-refractivity contribution in [2.45, 2.75) is 43.1 Å². The predicted octanol–water partition coefficient (Wildman–Crippen LogP) is 2.07. The van der Waals surface area contributed by atoms with Crippen LogP contribution in [0.15, 0.2) is 12.1 Å². The molecule has 2 aliphatic rings. The number of pyridine rings is 1. The minimum Gasteiger partial charge on any atom is -0.292 e. The van der Waals surface area contributed by atoms with Crippen molar-refractivity contribution in [1.29, 1.82) is 0 Å². The summed E-state index contributed by atoms with van der Waals surface area (Å²) < 4.78 is 37.2. The first-order chi connectivity index (χ1) is 9.39. The van der Waals surface area contributed by atoms with Crippen LogP contribution in [-0.4, -0.2) is 29.7 Å². The molecule has 6 heteroatoms. The fraction of sp³-hybridized carbons (Fsp3) is 0.571. The molecule has 20 heavy (non-hydrogen) atoms. The van der Waals surface area contributed by atoms with E-state index in [1.807, 2.05) is 0 Å². The third kappa shape index (κ3) is 2.06. The van der Waals surface area contributed by atoms with Gasteiger partial charge >= 0.3 is 0 Å². The van der Waals surface area contributed by atoms with Crippen LogP contribution in [0.4, 0.5) is 4.39 Å². The molecule has 2 aliphatic heterocycles. The minimum absolute atomic E-state index is 0.153. The Balaban J connectivity index is 1.84. The number of halogens is 1. The van der Waals surface area contributed by atoms with Crippen LogP contribution in [0, 0.1) is 18.7 Å². The van der Waals surface area contributed by atoms with Gasteiger partial charge in [0.25, 0.3) is 0 Å². The second-order valence-corrected chi connectivity index (χ2v) is 8.22. The van der Waals surface area contributed by atoms with Gasteiger partial charge < -0.3 is 0 Å². The van der Waals surface area contributed by atoms with Crippen LogP contribution in [0.1, 0.15) is 41.9 Å². The lowest BCUT2D eigenvalue weighted by Gasteiger charge is -2.26. The molecule has 0 amide bonds. The van der Waals surface area contributed by atoms with Crippen LogP contribution in [0.3, 0.4) is 0 Å². The van der Waals surface area contributed by atoms with Gasteiger partial charge in [-0.3, -0.25) is 4.79 Å². The maximum absolute atomic E-state index is 13.2. The third-order valence-electron chi connectivity index (χ3n) is 4.48. The molecular formula is C14H16FNO3S. The van der Waals surface area contributed by atoms with Gasteiger partial charge in [0.1, 0.15) is 11.5 Å². The summed E-state index contributed by atoms with van der Waals surface area (Å²) in [7, 11) is -3.03. The monoisotopic (exact) mass is 297 g/mol. The maximum Gasteiger partial charge on any atom is 0.184 e. The van der Waals surface area contributed by atoms with Crippen molar-refractivity contribution in [3.8, 4) is 0 Å². The molecule has 0 spiro atoms. The number of ketones is 1. The van der Waals surface area contributed by atoms with Gasteiger partial charge in [-0.2, -0.15) is 0 Å². The van der Waals surface area contributed by atoms with E-state index in [-0.39, 0.29) is 33.6 Å². The molecule has 0 aromatic carbocycles. The Hall–Kier alpha value is -1.30. The van der Waals surface area contributed by atoms with E-state index in [1.165, 1.54) is 19.1 Å². The molecule has 2 saturated heterocycles. The summed E-state index contributed by atoms with van der Waals surface area (Å²) in [6, 6.07) is 2.62. The summed E-state index contributed by atoms with van der Waals surface area (Å²) >= 11 is 0. The number of carbonyl (C=O) groups is 1. The summed E-state index contributed by atoms with van der Waals surface area (Å²) in [5.41, 5.74) is 0.440. The van der Waals surface area contributed by atoms with Crippen LogP contribution in [0.2, 0.25) is 0 Å². The lowest BCUT2D eigenvalue weighted by molar-refractivity contribution is 0.0900. The SMILES string of the molecule is Cc1nc(C(=O)C2CC3CCC(C2)S3(=O)=O)ccc1F. The van der Waals surface area contributed by atoms with E-state index < -0.39 is 15.7 Å². The van der Waals surface area contributed by atoms with Gasteiger partial charge in [0.05, 0.1) is 16.2 Å². The van der Waals surface area contributed by atoms with E-state index in [0.29, 0.717) is 25.7 Å². The standard InChI is InChI=1S/C14H16FNO3S/c1-8-12(15)4-5-13(16-8)14(17)9-6-10-2-3-11(7-9)20(10,18)19/h4-5,9-11H,2-3,6-7H2,1H3. The van der Waals surface area contributed by atoms with Crippen LogP contribution >= 0.6 is 0 Å². The average Bonchev–Trinajstić information content (AvgIpc) is 2.60. The second-order valence-electron chi connectivity index (χ2n) is 5.71. The molecule has 3 heterocycles. The number of aryl methyl sites for hydroxylation is 1. The molecule has 108 valence electrons. The maximum atomic E-state index is 13.2. The molecule has 2 fully saturated rings. The van der Waals surface area contributed by atoms with Crippen molar-refractivity contribution in [2.75, 3.05) is 0 Å². The summed E-state index contributed by atoms with van der Waals surface area (Å²) in [6.45, 7) is 1.52. The lowest BCUT2D eigenvalue weighted by atomic mass is 9.92. The zero-order valence-electron chi connectivity index (χ0n) is 11.2. The smallest absolute Gasteiger partial charge is 0.184 e. The predicted molar refractivity (Wildman–Crippen MR) is 71.7 cm³/mol. The van der Waals surface area contributed by atoms with Crippen molar-refractivity contribution in [3.05, 3.63) is 29.3 Å². The number of Topliss-reactive ketones (excluding diaryl/α,β-unsaturated/α-hetero) is 1. The molecule has 3 rings (SSSR count). The number of aromatic nitrogens is 1. The van der Waals surface area contributed by atoms with E-state index in [2.05, 4.69) is 4.98 Å². The van der Waals surface area contributed by atoms with E-state index in [4.69, 9.17) is 0 Å². The van der Waals surface area contributed by atoms with Crippen molar-refractivity contribution in [3.63, 3.8) is 0 Å². The van der Waals surface area contributed by atoms with E-state index in [9.17, 15) is 17.6 Å². The molecule has 1 aromatic heterocycles. The molecule has 4 nitrogen and oxygen atoms in total. The molecule has 2 unspecified atom stereocenters. The quantitative estimate of drug-likeness (QED) is 0.784. The van der Waals surface area contributed by atoms with Crippen molar-refractivity contribution in [1.82, 2.24) is 4.98 Å². The van der Waals surface area contributed by atoms with Gasteiger partial charge in [-0.15, -0.1) is 0 Å². The van der Waals surface area contributed by atoms with E-state index >= 15 is 0 Å². The van der Waals surface area contributed by atoms with Crippen LogP contribution in [-0.2, 0) is 9.84 Å². The number of carbonyl (C=O) groups excluding carboxylic acids is 1. The molecular weight excluding hydrogens is 281 g/mol. The summed E-state index contributed by atoms with van der Waals surface area (Å²) in [5.74, 6) is -0.888. The van der Waals surface area contributed by atoms with Crippen molar-refractivity contribution >= 4 is 15.6 Å². The molecule has 2 bridgehead atoms. The first-order valence-corrected chi connectivity index (χ1v) is 8.40. The molecule has 0 radical (unpaired) electrons. The van der Waals surface area contributed by atoms with Gasteiger partial charge in [0.2, 0.25) is 0 Å². The minimum atomic E-state index is -3.03. The summed E-state index contributed by atoms with van der Waals surface area (Å²) in [5, 5.41) is -0.756. The summed E-state index contributed by atoms with van der Waals surface area (Å²) in [6.07, 6.45) is 2.09. The van der Waals surface area contributed by atoms with Gasteiger partial charge in [-0.05, 0) is 44.7 Å². The number of hydrogen-bond donors (Lipinski definition) is 0. The number of hydrogen-bond acceptors (Lipinski definition) is 4. The highest BCUT2D eigenvalue weighted by Gasteiger charge is 2.48. The number of fused-ring (bicyclic) bond motifs is 2. The van der Waals surface area contributed by atoms with Gasteiger partial charge in [0.15, 0.2) is 15.6 Å². The van der Waals surface area contributed by atoms with Crippen LogP contribution in [0.25, 0.3) is 0 Å². The first-order valence-electron chi connectivity index (χ1n) is 6.79. The fourth-order valence-corrected chi connectivity index (χ4v) is 5.79. The fourth-order valence-electron chi connectivity index (χ4n) is 3.31. The average molecular weight is 297 g/mol. The second kappa shape index (κ2) is 4.62. The molecule has 0 saturated carbocycles. The van der Waals surface area contributed by atoms with Gasteiger partial charge in [-0.25, -0.2) is 17.8 Å². The Bertz CT molecular complexity index is 651. The normalized spacial score (nSPS) is 31.2. The van der Waals surface area contributed by atoms with Crippen molar-refractivity contribution in [2.24, 2.45) is 5.92 Å². The molecule has 1 aromatic rings. The van der Waals surface area contributed by atoms with Crippen LogP contribution in [0.5, 0.6) is 0 Å². The Morgan fingerprint density at radius 2 is 1.85 bits per heavy atom. The van der Waals surface area contributed by atoms with Crippen LogP contribution < -0.4 is 0 Å². The van der Waals surface area contributed by atoms with Gasteiger partial charge in [-0.1, -0.05) is 0 Å². The summed E-state index contributed by atoms with van der Waals surface area (Å²) in [4.78, 5) is 16.4. The topological polar surface area (TPSA) is 64.1 Å². The largest absolute Gasteiger partial charge is 0.292 e. The Labute approximate surface area is 117 Å². The highest BCUT2D eigenvalue weighted by molar-refractivity contribution is 7.93. The van der Waals surface area contributed by atoms with Crippen molar-refractivity contribution < 1.29 is 17.6 Å². The Morgan fingerprint density at radius 3 is 2.40 bits per heavy atom. The molecule has 2 atom stereocenters. The van der Waals surface area contributed by atoms with E-state index in [1.54, 1.807) is 0 Å². The Kier molecular flexibility index (Phi) is 3.16. The number of rotatable bonds is 2. The molecule has 0 aliphatic carbocycles. The van der Waals surface area contributed by atoms with E-state index in [0.717, 1.165) is 0 Å². The number of sulfone groups is 1. The third-order valence-corrected chi connectivity index (χ3v) is 7.19. The molecule has 0 N–H and O–H groups in total. The Morgan fingerprint density at radius 1 is 1.25 bits per heavy atom. The lowest BCUT2D eigenvalue weighted by Crippen LogP contribution is -2.36. The zero-order chi connectivity index (χ0) is 14.5. The highest BCUT2D eigenvalue weighted by atomic mass is 32.2. The number of nitrogens with zero attached hydrogens (tertiary/aromatic N) is 1.